The standard InChI is InChI=1S/C15H22N2O2/c1-12-14(10-15(18)19)17(9-8-16(12)2)11-13-6-4-3-5-7-13/h3-7,12,14H,8-11H2,1-2H3,(H,18,19)/t12-,14-/m0/s1. The van der Waals surface area contributed by atoms with Crippen molar-refractivity contribution in [1.29, 1.82) is 0 Å². The van der Waals surface area contributed by atoms with Crippen molar-refractivity contribution in [2.24, 2.45) is 0 Å². The molecule has 2 rings (SSSR count). The highest BCUT2D eigenvalue weighted by atomic mass is 16.4. The van der Waals surface area contributed by atoms with Gasteiger partial charge in [-0.2, -0.15) is 0 Å². The van der Waals surface area contributed by atoms with E-state index < -0.39 is 5.97 Å². The van der Waals surface area contributed by atoms with Crippen molar-refractivity contribution in [3.05, 3.63) is 35.9 Å². The Balaban J connectivity index is 2.10. The number of rotatable bonds is 4. The molecule has 1 N–H and O–H groups in total. The predicted molar refractivity (Wildman–Crippen MR) is 75.0 cm³/mol. The summed E-state index contributed by atoms with van der Waals surface area (Å²) in [6.07, 6.45) is 0.207. The second-order valence-electron chi connectivity index (χ2n) is 5.34. The first kappa shape index (κ1) is 14.0. The molecule has 0 amide bonds. The normalized spacial score (nSPS) is 25.4. The van der Waals surface area contributed by atoms with E-state index in [1.54, 1.807) is 0 Å². The van der Waals surface area contributed by atoms with Gasteiger partial charge in [-0.15, -0.1) is 0 Å². The zero-order valence-electron chi connectivity index (χ0n) is 11.6. The maximum Gasteiger partial charge on any atom is 0.304 e. The molecule has 1 aliphatic heterocycles. The Hall–Kier alpha value is -1.39. The van der Waals surface area contributed by atoms with E-state index in [1.165, 1.54) is 5.56 Å². The number of hydrogen-bond acceptors (Lipinski definition) is 3. The molecule has 4 heteroatoms. The Labute approximate surface area is 114 Å². The Bertz CT molecular complexity index is 421. The second kappa shape index (κ2) is 6.17. The fourth-order valence-electron chi connectivity index (χ4n) is 2.75. The van der Waals surface area contributed by atoms with Gasteiger partial charge in [0, 0.05) is 31.7 Å². The van der Waals surface area contributed by atoms with Crippen molar-refractivity contribution >= 4 is 5.97 Å². The number of benzene rings is 1. The minimum atomic E-state index is -0.717. The van der Waals surface area contributed by atoms with Crippen molar-refractivity contribution in [3.63, 3.8) is 0 Å². The van der Waals surface area contributed by atoms with Gasteiger partial charge in [0.1, 0.15) is 0 Å². The van der Waals surface area contributed by atoms with Crippen molar-refractivity contribution < 1.29 is 9.90 Å². The molecule has 1 aromatic carbocycles. The van der Waals surface area contributed by atoms with Crippen LogP contribution < -0.4 is 0 Å². The fraction of sp³-hybridized carbons (Fsp3) is 0.533. The molecular formula is C15H22N2O2. The third-order valence-electron chi connectivity index (χ3n) is 4.07. The van der Waals surface area contributed by atoms with Gasteiger partial charge < -0.3 is 10.0 Å². The lowest BCUT2D eigenvalue weighted by Crippen LogP contribution is -2.57. The van der Waals surface area contributed by atoms with Gasteiger partial charge in [0.25, 0.3) is 0 Å². The lowest BCUT2D eigenvalue weighted by atomic mass is 9.99. The molecule has 0 aromatic heterocycles. The number of likely N-dealkylation sites (N-methyl/N-ethyl adjacent to an activating group) is 1. The van der Waals surface area contributed by atoms with Gasteiger partial charge in [0.05, 0.1) is 6.42 Å². The van der Waals surface area contributed by atoms with Gasteiger partial charge in [0.2, 0.25) is 0 Å². The molecular weight excluding hydrogens is 240 g/mol. The summed E-state index contributed by atoms with van der Waals surface area (Å²) in [5.41, 5.74) is 1.25. The van der Waals surface area contributed by atoms with E-state index in [1.807, 2.05) is 18.2 Å². The molecule has 2 atom stereocenters. The van der Waals surface area contributed by atoms with Crippen LogP contribution in [-0.2, 0) is 11.3 Å². The average molecular weight is 262 g/mol. The Morgan fingerprint density at radius 1 is 1.32 bits per heavy atom. The van der Waals surface area contributed by atoms with Crippen LogP contribution in [0.25, 0.3) is 0 Å². The summed E-state index contributed by atoms with van der Waals surface area (Å²) in [6.45, 7) is 4.86. The summed E-state index contributed by atoms with van der Waals surface area (Å²) in [4.78, 5) is 15.6. The van der Waals surface area contributed by atoms with Crippen LogP contribution in [0.2, 0.25) is 0 Å². The molecule has 1 aromatic rings. The highest BCUT2D eigenvalue weighted by molar-refractivity contribution is 5.67. The quantitative estimate of drug-likeness (QED) is 0.896. The summed E-state index contributed by atoms with van der Waals surface area (Å²) in [7, 11) is 2.07. The molecule has 1 fully saturated rings. The summed E-state index contributed by atoms with van der Waals surface area (Å²) >= 11 is 0. The van der Waals surface area contributed by atoms with E-state index in [2.05, 4.69) is 35.9 Å². The minimum Gasteiger partial charge on any atom is -0.481 e. The molecule has 4 nitrogen and oxygen atoms in total. The maximum absolute atomic E-state index is 11.1. The molecule has 104 valence electrons. The summed E-state index contributed by atoms with van der Waals surface area (Å²) in [5.74, 6) is -0.717. The van der Waals surface area contributed by atoms with E-state index >= 15 is 0 Å². The number of carbonyl (C=O) groups is 1. The summed E-state index contributed by atoms with van der Waals surface area (Å²) in [6, 6.07) is 10.6. The van der Waals surface area contributed by atoms with Gasteiger partial charge in [0.15, 0.2) is 0 Å². The minimum absolute atomic E-state index is 0.0801. The van der Waals surface area contributed by atoms with Gasteiger partial charge >= 0.3 is 5.97 Å². The van der Waals surface area contributed by atoms with Crippen molar-refractivity contribution in [2.75, 3.05) is 20.1 Å². The zero-order chi connectivity index (χ0) is 13.8. The number of carboxylic acid groups (broad SMARTS) is 1. The van der Waals surface area contributed by atoms with E-state index in [0.717, 1.165) is 19.6 Å². The molecule has 1 aliphatic rings. The molecule has 0 bridgehead atoms. The highest BCUT2D eigenvalue weighted by Crippen LogP contribution is 2.21. The van der Waals surface area contributed by atoms with Crippen LogP contribution in [0.15, 0.2) is 30.3 Å². The molecule has 0 saturated carbocycles. The number of aliphatic carboxylic acids is 1. The molecule has 0 aliphatic carbocycles. The Kier molecular flexibility index (Phi) is 4.56. The van der Waals surface area contributed by atoms with E-state index in [-0.39, 0.29) is 18.5 Å². The van der Waals surface area contributed by atoms with Crippen LogP contribution in [0, 0.1) is 0 Å². The third kappa shape index (κ3) is 3.55. The van der Waals surface area contributed by atoms with E-state index in [9.17, 15) is 4.79 Å². The van der Waals surface area contributed by atoms with Gasteiger partial charge in [-0.05, 0) is 19.5 Å². The lowest BCUT2D eigenvalue weighted by molar-refractivity contribution is -0.139. The molecule has 1 heterocycles. The average Bonchev–Trinajstić information content (AvgIpc) is 2.39. The second-order valence-corrected chi connectivity index (χ2v) is 5.34. The largest absolute Gasteiger partial charge is 0.481 e. The summed E-state index contributed by atoms with van der Waals surface area (Å²) in [5, 5.41) is 9.11. The SMILES string of the molecule is C[C@H]1[C@H](CC(=O)O)N(Cc2ccccc2)CCN1C. The number of piperazine rings is 1. The van der Waals surface area contributed by atoms with Crippen molar-refractivity contribution in [3.8, 4) is 0 Å². The molecule has 1 saturated heterocycles. The summed E-state index contributed by atoms with van der Waals surface area (Å²) < 4.78 is 0. The molecule has 0 spiro atoms. The Morgan fingerprint density at radius 2 is 2.00 bits per heavy atom. The van der Waals surface area contributed by atoms with E-state index in [4.69, 9.17) is 5.11 Å². The van der Waals surface area contributed by atoms with Crippen LogP contribution >= 0.6 is 0 Å². The van der Waals surface area contributed by atoms with Gasteiger partial charge in [-0.25, -0.2) is 0 Å². The molecule has 0 unspecified atom stereocenters. The van der Waals surface area contributed by atoms with Crippen LogP contribution in [0.3, 0.4) is 0 Å². The van der Waals surface area contributed by atoms with E-state index in [0.29, 0.717) is 0 Å². The highest BCUT2D eigenvalue weighted by Gasteiger charge is 2.33. The topological polar surface area (TPSA) is 43.8 Å². The van der Waals surface area contributed by atoms with Crippen LogP contribution in [-0.4, -0.2) is 53.1 Å². The molecule has 19 heavy (non-hydrogen) atoms. The third-order valence-corrected chi connectivity index (χ3v) is 4.07. The monoisotopic (exact) mass is 262 g/mol. The van der Waals surface area contributed by atoms with Gasteiger partial charge in [-0.1, -0.05) is 30.3 Å². The zero-order valence-corrected chi connectivity index (χ0v) is 11.6. The maximum atomic E-state index is 11.1. The van der Waals surface area contributed by atoms with Crippen LogP contribution in [0.4, 0.5) is 0 Å². The van der Waals surface area contributed by atoms with Crippen LogP contribution in [0.1, 0.15) is 18.9 Å². The number of carboxylic acids is 1. The first-order valence-corrected chi connectivity index (χ1v) is 6.78. The Morgan fingerprint density at radius 3 is 2.63 bits per heavy atom. The smallest absolute Gasteiger partial charge is 0.304 e. The van der Waals surface area contributed by atoms with Gasteiger partial charge in [-0.3, -0.25) is 9.69 Å². The fourth-order valence-corrected chi connectivity index (χ4v) is 2.75. The number of hydrogen-bond donors (Lipinski definition) is 1. The predicted octanol–water partition coefficient (Wildman–Crippen LogP) is 1.67. The van der Waals surface area contributed by atoms with Crippen molar-refractivity contribution in [2.45, 2.75) is 32.0 Å². The number of nitrogens with zero attached hydrogens (tertiary/aromatic N) is 2. The molecule has 0 radical (unpaired) electrons. The first-order valence-electron chi connectivity index (χ1n) is 6.78. The lowest BCUT2D eigenvalue weighted by Gasteiger charge is -2.44. The first-order chi connectivity index (χ1) is 9.08. The van der Waals surface area contributed by atoms with Crippen molar-refractivity contribution in [1.82, 2.24) is 9.80 Å². The van der Waals surface area contributed by atoms with Crippen LogP contribution in [0.5, 0.6) is 0 Å².